The van der Waals surface area contributed by atoms with Crippen LogP contribution < -0.4 is 4.74 Å². The minimum absolute atomic E-state index is 0.0359. The van der Waals surface area contributed by atoms with Crippen LogP contribution in [0, 0.1) is 0 Å². The molecule has 0 bridgehead atoms. The maximum atomic E-state index is 13.8. The number of ketones is 1. The molecule has 176 valence electrons. The summed E-state index contributed by atoms with van der Waals surface area (Å²) in [7, 11) is 0. The zero-order chi connectivity index (χ0) is 23.8. The van der Waals surface area contributed by atoms with Crippen molar-refractivity contribution in [3.8, 4) is 11.5 Å². The number of carbonyl (C=O) groups excluding carboxylic acids is 1. The molecule has 4 heteroatoms. The van der Waals surface area contributed by atoms with E-state index in [2.05, 4.69) is 11.8 Å². The van der Waals surface area contributed by atoms with Gasteiger partial charge in [0.15, 0.2) is 5.78 Å². The Kier molecular flexibility index (Phi) is 8.16. The van der Waals surface area contributed by atoms with Crippen LogP contribution in [-0.2, 0) is 0 Å². The zero-order valence-corrected chi connectivity index (χ0v) is 19.9. The van der Waals surface area contributed by atoms with E-state index in [9.17, 15) is 9.90 Å². The zero-order valence-electron chi connectivity index (χ0n) is 19.9. The Balaban J connectivity index is 1.56. The number of Topliss-reactive ketones (excluding diaryl/α,β-unsaturated/α-hetero) is 1. The van der Waals surface area contributed by atoms with Gasteiger partial charge in [0, 0.05) is 17.7 Å². The number of phenols is 1. The summed E-state index contributed by atoms with van der Waals surface area (Å²) in [6.07, 6.45) is 4.59. The van der Waals surface area contributed by atoms with Gasteiger partial charge in [0.1, 0.15) is 18.1 Å². The Bertz CT molecular complexity index is 1100. The smallest absolute Gasteiger partial charge is 0.193 e. The van der Waals surface area contributed by atoms with Gasteiger partial charge in [-0.3, -0.25) is 9.69 Å². The fourth-order valence-corrected chi connectivity index (χ4v) is 4.56. The van der Waals surface area contributed by atoms with E-state index in [-0.39, 0.29) is 11.5 Å². The van der Waals surface area contributed by atoms with Crippen LogP contribution in [0.4, 0.5) is 0 Å². The predicted octanol–water partition coefficient (Wildman–Crippen LogP) is 6.46. The standard InChI is InChI=1S/C30H33NO3/c1-2-28(23-9-5-3-6-10-23)29(24-11-15-26(32)16-12-24)30(33)25-13-17-27(18-14-25)34-22-21-31-19-7-4-8-20-31/h3,5-6,9-18,32H,2,4,7-8,19-22H2,1H3. The average Bonchev–Trinajstić information content (AvgIpc) is 2.89. The van der Waals surface area contributed by atoms with Gasteiger partial charge in [-0.2, -0.15) is 0 Å². The van der Waals surface area contributed by atoms with Crippen molar-refractivity contribution in [1.29, 1.82) is 0 Å². The highest BCUT2D eigenvalue weighted by molar-refractivity contribution is 6.34. The molecule has 1 N–H and O–H groups in total. The fraction of sp³-hybridized carbons (Fsp3) is 0.300. The number of nitrogens with zero attached hydrogens (tertiary/aromatic N) is 1. The number of carbonyl (C=O) groups is 1. The lowest BCUT2D eigenvalue weighted by molar-refractivity contribution is 0.105. The quantitative estimate of drug-likeness (QED) is 0.228. The summed E-state index contributed by atoms with van der Waals surface area (Å²) < 4.78 is 5.95. The summed E-state index contributed by atoms with van der Waals surface area (Å²) in [5, 5.41) is 9.77. The third-order valence-electron chi connectivity index (χ3n) is 6.40. The van der Waals surface area contributed by atoms with Crippen molar-refractivity contribution in [1.82, 2.24) is 4.90 Å². The molecule has 1 aliphatic rings. The second-order valence-corrected chi connectivity index (χ2v) is 8.72. The fourth-order valence-electron chi connectivity index (χ4n) is 4.56. The Morgan fingerprint density at radius 1 is 0.824 bits per heavy atom. The van der Waals surface area contributed by atoms with Crippen LogP contribution in [0.15, 0.2) is 78.9 Å². The molecule has 0 aliphatic carbocycles. The molecule has 0 radical (unpaired) electrons. The van der Waals surface area contributed by atoms with E-state index in [0.717, 1.165) is 42.1 Å². The Morgan fingerprint density at radius 3 is 2.12 bits per heavy atom. The van der Waals surface area contributed by atoms with Crippen molar-refractivity contribution in [2.24, 2.45) is 0 Å². The van der Waals surface area contributed by atoms with Crippen LogP contribution in [0.3, 0.4) is 0 Å². The first-order valence-electron chi connectivity index (χ1n) is 12.2. The molecule has 3 aromatic rings. The summed E-state index contributed by atoms with van der Waals surface area (Å²) in [6, 6.07) is 24.3. The van der Waals surface area contributed by atoms with E-state index in [1.54, 1.807) is 24.3 Å². The number of likely N-dealkylation sites (tertiary alicyclic amines) is 1. The highest BCUT2D eigenvalue weighted by Crippen LogP contribution is 2.33. The van der Waals surface area contributed by atoms with Crippen LogP contribution >= 0.6 is 0 Å². The first kappa shape index (κ1) is 23.8. The number of aromatic hydroxyl groups is 1. The largest absolute Gasteiger partial charge is 0.508 e. The molecule has 34 heavy (non-hydrogen) atoms. The van der Waals surface area contributed by atoms with Gasteiger partial charge in [-0.05, 0) is 85.5 Å². The first-order chi connectivity index (χ1) is 16.7. The molecule has 0 amide bonds. The van der Waals surface area contributed by atoms with Gasteiger partial charge in [-0.15, -0.1) is 0 Å². The van der Waals surface area contributed by atoms with Crippen LogP contribution in [-0.4, -0.2) is 42.0 Å². The number of benzene rings is 3. The lowest BCUT2D eigenvalue weighted by atomic mass is 9.88. The number of phenolic OH excluding ortho intramolecular Hbond substituents is 1. The van der Waals surface area contributed by atoms with E-state index in [4.69, 9.17) is 4.74 Å². The van der Waals surface area contributed by atoms with Crippen molar-refractivity contribution in [3.05, 3.63) is 95.6 Å². The minimum atomic E-state index is -0.0359. The van der Waals surface area contributed by atoms with Crippen LogP contribution in [0.5, 0.6) is 11.5 Å². The van der Waals surface area contributed by atoms with Gasteiger partial charge < -0.3 is 9.84 Å². The highest BCUT2D eigenvalue weighted by atomic mass is 16.5. The van der Waals surface area contributed by atoms with Crippen LogP contribution in [0.25, 0.3) is 11.1 Å². The maximum absolute atomic E-state index is 13.8. The second kappa shape index (κ2) is 11.7. The van der Waals surface area contributed by atoms with Gasteiger partial charge >= 0.3 is 0 Å². The maximum Gasteiger partial charge on any atom is 0.193 e. The predicted molar refractivity (Wildman–Crippen MR) is 138 cm³/mol. The van der Waals surface area contributed by atoms with Crippen LogP contribution in [0.2, 0.25) is 0 Å². The average molecular weight is 456 g/mol. The van der Waals surface area contributed by atoms with Gasteiger partial charge in [0.2, 0.25) is 0 Å². The number of ether oxygens (including phenoxy) is 1. The lowest BCUT2D eigenvalue weighted by Crippen LogP contribution is -2.33. The summed E-state index contributed by atoms with van der Waals surface area (Å²) in [5.41, 5.74) is 4.09. The highest BCUT2D eigenvalue weighted by Gasteiger charge is 2.20. The first-order valence-corrected chi connectivity index (χ1v) is 12.2. The molecule has 1 aliphatic heterocycles. The van der Waals surface area contributed by atoms with Gasteiger partial charge in [-0.1, -0.05) is 55.8 Å². The second-order valence-electron chi connectivity index (χ2n) is 8.72. The van der Waals surface area contributed by atoms with Crippen molar-refractivity contribution < 1.29 is 14.6 Å². The number of allylic oxidation sites excluding steroid dienone is 2. The molecule has 0 unspecified atom stereocenters. The van der Waals surface area contributed by atoms with Crippen molar-refractivity contribution in [2.75, 3.05) is 26.2 Å². The topological polar surface area (TPSA) is 49.8 Å². The Hall–Kier alpha value is -3.37. The number of hydrogen-bond acceptors (Lipinski definition) is 4. The summed E-state index contributed by atoms with van der Waals surface area (Å²) in [5.74, 6) is 0.924. The minimum Gasteiger partial charge on any atom is -0.508 e. The molecule has 1 saturated heterocycles. The monoisotopic (exact) mass is 455 g/mol. The Labute approximate surface area is 202 Å². The van der Waals surface area contributed by atoms with Crippen molar-refractivity contribution in [2.45, 2.75) is 32.6 Å². The number of hydrogen-bond donors (Lipinski definition) is 1. The summed E-state index contributed by atoms with van der Waals surface area (Å²) in [4.78, 5) is 16.2. The molecular weight excluding hydrogens is 422 g/mol. The van der Waals surface area contributed by atoms with Gasteiger partial charge in [0.25, 0.3) is 0 Å². The molecule has 1 heterocycles. The molecule has 4 rings (SSSR count). The van der Waals surface area contributed by atoms with Crippen LogP contribution in [0.1, 0.15) is 54.1 Å². The molecule has 0 saturated carbocycles. The SMILES string of the molecule is CCC(=C(C(=O)c1ccc(OCCN2CCCCC2)cc1)c1ccc(O)cc1)c1ccccc1. The summed E-state index contributed by atoms with van der Waals surface area (Å²) in [6.45, 7) is 5.97. The molecule has 3 aromatic carbocycles. The molecular formula is C30H33NO3. The summed E-state index contributed by atoms with van der Waals surface area (Å²) >= 11 is 0. The molecule has 4 nitrogen and oxygen atoms in total. The molecule has 0 atom stereocenters. The van der Waals surface area contributed by atoms with Crippen molar-refractivity contribution in [3.63, 3.8) is 0 Å². The van der Waals surface area contributed by atoms with E-state index < -0.39 is 0 Å². The van der Waals surface area contributed by atoms with E-state index in [1.165, 1.54) is 19.3 Å². The molecule has 1 fully saturated rings. The van der Waals surface area contributed by atoms with Gasteiger partial charge in [0.05, 0.1) is 0 Å². The van der Waals surface area contributed by atoms with Crippen molar-refractivity contribution >= 4 is 16.9 Å². The third kappa shape index (κ3) is 5.95. The van der Waals surface area contributed by atoms with E-state index >= 15 is 0 Å². The Morgan fingerprint density at radius 2 is 1.47 bits per heavy atom. The van der Waals surface area contributed by atoms with Gasteiger partial charge in [-0.25, -0.2) is 0 Å². The third-order valence-corrected chi connectivity index (χ3v) is 6.40. The molecule has 0 aromatic heterocycles. The number of rotatable bonds is 9. The normalized spacial score (nSPS) is 15.0. The number of piperidine rings is 1. The van der Waals surface area contributed by atoms with E-state index in [0.29, 0.717) is 24.2 Å². The van der Waals surface area contributed by atoms with E-state index in [1.807, 2.05) is 54.6 Å². The lowest BCUT2D eigenvalue weighted by Gasteiger charge is -2.26. The molecule has 0 spiro atoms.